The zero-order valence-electron chi connectivity index (χ0n) is 11.5. The maximum absolute atomic E-state index is 12.3. The van der Waals surface area contributed by atoms with Crippen LogP contribution < -0.4 is 0 Å². The Balaban J connectivity index is 2.17. The van der Waals surface area contributed by atoms with Crippen LogP contribution in [0.5, 0.6) is 0 Å². The molecule has 0 atom stereocenters. The molecule has 2 aromatic rings. The van der Waals surface area contributed by atoms with E-state index in [2.05, 4.69) is 4.98 Å². The van der Waals surface area contributed by atoms with Gasteiger partial charge in [-0.15, -0.1) is 0 Å². The summed E-state index contributed by atoms with van der Waals surface area (Å²) in [4.78, 5) is 28.7. The largest absolute Gasteiger partial charge is 0.355 e. The summed E-state index contributed by atoms with van der Waals surface area (Å²) in [6, 6.07) is 9.28. The molecule has 4 N–H and O–H groups in total. The molecule has 0 spiro atoms. The second kappa shape index (κ2) is 5.22. The number of rotatable bonds is 2. The number of fused-ring (bicyclic) bond motifs is 1. The van der Waals surface area contributed by atoms with Crippen molar-refractivity contribution in [3.8, 4) is 0 Å². The highest BCUT2D eigenvalue weighted by Crippen LogP contribution is 2.39. The average molecular weight is 333 g/mol. The molecule has 0 radical (unpaired) electrons. The van der Waals surface area contributed by atoms with Crippen molar-refractivity contribution in [2.45, 2.75) is 21.5 Å². The maximum atomic E-state index is 12.3. The minimum absolute atomic E-state index is 0.252. The quantitative estimate of drug-likeness (QED) is 0.564. The molecule has 1 aromatic carbocycles. The van der Waals surface area contributed by atoms with E-state index in [-0.39, 0.29) is 16.0 Å². The highest BCUT2D eigenvalue weighted by Gasteiger charge is 2.63. The van der Waals surface area contributed by atoms with Gasteiger partial charge in [-0.25, -0.2) is 4.98 Å². The van der Waals surface area contributed by atoms with Crippen molar-refractivity contribution in [2.75, 3.05) is 0 Å². The number of ketones is 2. The minimum Gasteiger partial charge on any atom is -0.355 e. The Kier molecular flexibility index (Phi) is 3.58. The number of hydrogen-bond donors (Lipinski definition) is 4. The molecule has 1 heterocycles. The van der Waals surface area contributed by atoms with E-state index in [1.165, 1.54) is 18.2 Å². The summed E-state index contributed by atoms with van der Waals surface area (Å²) in [6.07, 6.45) is 1.54. The molecule has 8 heteroatoms. The lowest BCUT2D eigenvalue weighted by molar-refractivity contribution is -0.299. The van der Waals surface area contributed by atoms with Crippen LogP contribution in [0.3, 0.4) is 0 Å². The van der Waals surface area contributed by atoms with Gasteiger partial charge in [0.2, 0.25) is 11.6 Å². The van der Waals surface area contributed by atoms with E-state index in [0.717, 1.165) is 11.8 Å². The molecule has 118 valence electrons. The molecule has 1 aromatic heterocycles. The molecule has 0 fully saturated rings. The van der Waals surface area contributed by atoms with Crippen LogP contribution in [-0.2, 0) is 0 Å². The van der Waals surface area contributed by atoms with Crippen molar-refractivity contribution in [3.63, 3.8) is 0 Å². The normalized spacial score (nSPS) is 18.6. The standard InChI is InChI=1S/C15H11NO6S/c17-12-8-4-3-5-9(23-10-6-1-2-7-16-10)11(8)13(18)15(21,22)14(12,19)20/h1-7,19-22H. The molecule has 0 aliphatic heterocycles. The fraction of sp³-hybridized carbons (Fsp3) is 0.133. The summed E-state index contributed by atoms with van der Waals surface area (Å²) in [5.74, 6) is -9.96. The van der Waals surface area contributed by atoms with Gasteiger partial charge < -0.3 is 20.4 Å². The Bertz CT molecular complexity index is 803. The third-order valence-electron chi connectivity index (χ3n) is 3.47. The van der Waals surface area contributed by atoms with Crippen molar-refractivity contribution in [1.29, 1.82) is 0 Å². The van der Waals surface area contributed by atoms with Crippen molar-refractivity contribution in [2.24, 2.45) is 0 Å². The molecule has 0 saturated carbocycles. The number of carbonyl (C=O) groups excluding carboxylic acids is 2. The second-order valence-corrected chi connectivity index (χ2v) is 6.01. The van der Waals surface area contributed by atoms with Crippen molar-refractivity contribution >= 4 is 23.3 Å². The summed E-state index contributed by atoms with van der Waals surface area (Å²) in [6.45, 7) is 0. The molecule has 0 amide bonds. The van der Waals surface area contributed by atoms with E-state index >= 15 is 0 Å². The van der Waals surface area contributed by atoms with Gasteiger partial charge in [0.1, 0.15) is 5.03 Å². The molecule has 0 unspecified atom stereocenters. The first kappa shape index (κ1) is 15.8. The van der Waals surface area contributed by atoms with E-state index in [0.29, 0.717) is 5.03 Å². The number of Topliss-reactive ketones (excluding diaryl/α,β-unsaturated/α-hetero) is 2. The summed E-state index contributed by atoms with van der Waals surface area (Å²) in [5.41, 5.74) is -0.573. The zero-order valence-corrected chi connectivity index (χ0v) is 12.3. The molecule has 1 aliphatic carbocycles. The van der Waals surface area contributed by atoms with Gasteiger partial charge in [0.15, 0.2) is 0 Å². The first-order valence-electron chi connectivity index (χ1n) is 6.48. The smallest absolute Gasteiger partial charge is 0.292 e. The average Bonchev–Trinajstić information content (AvgIpc) is 2.53. The van der Waals surface area contributed by atoms with E-state index < -0.39 is 23.1 Å². The molecule has 0 bridgehead atoms. The molecular weight excluding hydrogens is 322 g/mol. The number of benzene rings is 1. The number of pyridine rings is 1. The van der Waals surface area contributed by atoms with Gasteiger partial charge in [-0.3, -0.25) is 9.59 Å². The summed E-state index contributed by atoms with van der Waals surface area (Å²) in [5, 5.41) is 39.3. The van der Waals surface area contributed by atoms with Crippen LogP contribution in [0.25, 0.3) is 0 Å². The number of carbonyl (C=O) groups is 2. The summed E-state index contributed by atoms with van der Waals surface area (Å²) >= 11 is 1.04. The Hall–Kier alpha value is -2.10. The Labute approximate surface area is 134 Å². The van der Waals surface area contributed by atoms with Crippen LogP contribution in [0, 0.1) is 0 Å². The highest BCUT2D eigenvalue weighted by atomic mass is 32.2. The Morgan fingerprint density at radius 3 is 2.22 bits per heavy atom. The van der Waals surface area contributed by atoms with Crippen LogP contribution in [0.2, 0.25) is 0 Å². The predicted octanol–water partition coefficient (Wildman–Crippen LogP) is -0.0264. The molecule has 7 nitrogen and oxygen atoms in total. The van der Waals surface area contributed by atoms with E-state index in [1.54, 1.807) is 24.4 Å². The second-order valence-electron chi connectivity index (χ2n) is 4.95. The van der Waals surface area contributed by atoms with Crippen LogP contribution >= 0.6 is 11.8 Å². The Morgan fingerprint density at radius 1 is 0.870 bits per heavy atom. The third kappa shape index (κ3) is 2.28. The zero-order chi connectivity index (χ0) is 16.8. The number of nitrogens with zero attached hydrogens (tertiary/aromatic N) is 1. The first-order valence-corrected chi connectivity index (χ1v) is 7.29. The SMILES string of the molecule is O=C1c2cccc(Sc3ccccn3)c2C(=O)C(O)(O)C1(O)O. The lowest BCUT2D eigenvalue weighted by atomic mass is 9.80. The van der Waals surface area contributed by atoms with Crippen LogP contribution in [-0.4, -0.2) is 48.6 Å². The van der Waals surface area contributed by atoms with Crippen molar-refractivity contribution in [1.82, 2.24) is 4.98 Å². The predicted molar refractivity (Wildman–Crippen MR) is 77.8 cm³/mol. The third-order valence-corrected chi connectivity index (χ3v) is 4.48. The molecule has 1 aliphatic rings. The topological polar surface area (TPSA) is 128 Å². The van der Waals surface area contributed by atoms with Gasteiger partial charge in [-0.2, -0.15) is 0 Å². The van der Waals surface area contributed by atoms with Gasteiger partial charge in [0.05, 0.1) is 0 Å². The fourth-order valence-electron chi connectivity index (χ4n) is 2.24. The van der Waals surface area contributed by atoms with E-state index in [1.807, 2.05) is 0 Å². The minimum atomic E-state index is -3.63. The van der Waals surface area contributed by atoms with Gasteiger partial charge in [0, 0.05) is 22.2 Å². The number of hydrogen-bond acceptors (Lipinski definition) is 8. The summed E-state index contributed by atoms with van der Waals surface area (Å²) in [7, 11) is 0. The number of aliphatic hydroxyl groups is 4. The van der Waals surface area contributed by atoms with Crippen molar-refractivity contribution < 1.29 is 30.0 Å². The monoisotopic (exact) mass is 333 g/mol. The molecule has 23 heavy (non-hydrogen) atoms. The molecule has 0 saturated heterocycles. The number of aromatic nitrogens is 1. The Morgan fingerprint density at radius 2 is 1.57 bits per heavy atom. The van der Waals surface area contributed by atoms with Gasteiger partial charge in [-0.05, 0) is 18.2 Å². The van der Waals surface area contributed by atoms with Crippen LogP contribution in [0.15, 0.2) is 52.5 Å². The van der Waals surface area contributed by atoms with E-state index in [9.17, 15) is 30.0 Å². The molecule has 3 rings (SSSR count). The highest BCUT2D eigenvalue weighted by molar-refractivity contribution is 7.99. The lowest BCUT2D eigenvalue weighted by Crippen LogP contribution is -2.66. The fourth-order valence-corrected chi connectivity index (χ4v) is 3.18. The summed E-state index contributed by atoms with van der Waals surface area (Å²) < 4.78 is 0. The van der Waals surface area contributed by atoms with Gasteiger partial charge >= 0.3 is 0 Å². The van der Waals surface area contributed by atoms with Crippen LogP contribution in [0.1, 0.15) is 20.7 Å². The van der Waals surface area contributed by atoms with E-state index in [4.69, 9.17) is 0 Å². The maximum Gasteiger partial charge on any atom is 0.292 e. The van der Waals surface area contributed by atoms with Gasteiger partial charge in [0.25, 0.3) is 11.6 Å². The van der Waals surface area contributed by atoms with Crippen LogP contribution in [0.4, 0.5) is 0 Å². The molecular formula is C15H11NO6S. The lowest BCUT2D eigenvalue weighted by Gasteiger charge is -2.37. The van der Waals surface area contributed by atoms with Gasteiger partial charge in [-0.1, -0.05) is 30.0 Å². The first-order chi connectivity index (χ1) is 10.8. The van der Waals surface area contributed by atoms with Crippen molar-refractivity contribution in [3.05, 3.63) is 53.7 Å².